The van der Waals surface area contributed by atoms with Gasteiger partial charge >= 0.3 is 6.03 Å². The van der Waals surface area contributed by atoms with Crippen LogP contribution in [0.15, 0.2) is 17.8 Å². The third-order valence-electron chi connectivity index (χ3n) is 3.08. The topological polar surface area (TPSA) is 71.8 Å². The van der Waals surface area contributed by atoms with E-state index >= 15 is 0 Å². The SMILES string of the molecule is Cc1csc(C(C)CNC(=O)NCCc2cnn(C)c2)n1. The molecule has 0 bridgehead atoms. The third kappa shape index (κ3) is 4.86. The summed E-state index contributed by atoms with van der Waals surface area (Å²) in [5.41, 5.74) is 2.15. The number of hydrogen-bond acceptors (Lipinski definition) is 4. The van der Waals surface area contributed by atoms with Gasteiger partial charge in [0.25, 0.3) is 0 Å². The fraction of sp³-hybridized carbons (Fsp3) is 0.500. The van der Waals surface area contributed by atoms with Crippen molar-refractivity contribution in [3.05, 3.63) is 34.0 Å². The van der Waals surface area contributed by atoms with Crippen molar-refractivity contribution < 1.29 is 4.79 Å². The van der Waals surface area contributed by atoms with Crippen molar-refractivity contribution in [2.45, 2.75) is 26.2 Å². The zero-order valence-electron chi connectivity index (χ0n) is 12.6. The maximum atomic E-state index is 11.7. The van der Waals surface area contributed by atoms with Crippen LogP contribution in [0.4, 0.5) is 4.79 Å². The number of thiazole rings is 1. The zero-order valence-corrected chi connectivity index (χ0v) is 13.4. The van der Waals surface area contributed by atoms with E-state index in [0.29, 0.717) is 13.1 Å². The van der Waals surface area contributed by atoms with Gasteiger partial charge in [0.1, 0.15) is 0 Å². The Morgan fingerprint density at radius 3 is 2.90 bits per heavy atom. The van der Waals surface area contributed by atoms with Crippen molar-refractivity contribution in [2.75, 3.05) is 13.1 Å². The van der Waals surface area contributed by atoms with Crippen LogP contribution in [0.1, 0.15) is 29.1 Å². The Bertz CT molecular complexity index is 592. The Labute approximate surface area is 128 Å². The number of amides is 2. The largest absolute Gasteiger partial charge is 0.338 e. The molecule has 6 nitrogen and oxygen atoms in total. The summed E-state index contributed by atoms with van der Waals surface area (Å²) in [4.78, 5) is 16.1. The molecule has 1 atom stereocenters. The molecule has 1 unspecified atom stereocenters. The summed E-state index contributed by atoms with van der Waals surface area (Å²) in [5.74, 6) is 0.229. The average Bonchev–Trinajstić information content (AvgIpc) is 3.05. The molecule has 0 radical (unpaired) electrons. The number of nitrogens with zero attached hydrogens (tertiary/aromatic N) is 3. The fourth-order valence-corrected chi connectivity index (χ4v) is 2.77. The van der Waals surface area contributed by atoms with E-state index in [9.17, 15) is 4.79 Å². The van der Waals surface area contributed by atoms with Crippen molar-refractivity contribution in [2.24, 2.45) is 7.05 Å². The molecular weight excluding hydrogens is 286 g/mol. The number of carbonyl (C=O) groups is 1. The van der Waals surface area contributed by atoms with Crippen LogP contribution < -0.4 is 10.6 Å². The van der Waals surface area contributed by atoms with Gasteiger partial charge in [0.15, 0.2) is 0 Å². The van der Waals surface area contributed by atoms with Crippen LogP contribution in [0.2, 0.25) is 0 Å². The van der Waals surface area contributed by atoms with Gasteiger partial charge in [-0.3, -0.25) is 4.68 Å². The fourth-order valence-electron chi connectivity index (χ4n) is 1.92. The molecule has 21 heavy (non-hydrogen) atoms. The summed E-state index contributed by atoms with van der Waals surface area (Å²) >= 11 is 1.63. The van der Waals surface area contributed by atoms with E-state index in [1.165, 1.54) is 0 Å². The minimum Gasteiger partial charge on any atom is -0.338 e. The highest BCUT2D eigenvalue weighted by molar-refractivity contribution is 7.09. The monoisotopic (exact) mass is 307 g/mol. The molecule has 2 heterocycles. The molecule has 0 aliphatic heterocycles. The summed E-state index contributed by atoms with van der Waals surface area (Å²) in [6.45, 7) is 5.23. The van der Waals surface area contributed by atoms with Gasteiger partial charge in [-0.25, -0.2) is 9.78 Å². The van der Waals surface area contributed by atoms with E-state index < -0.39 is 0 Å². The summed E-state index contributed by atoms with van der Waals surface area (Å²) in [5, 5.41) is 12.9. The zero-order chi connectivity index (χ0) is 15.2. The quantitative estimate of drug-likeness (QED) is 0.855. The number of urea groups is 1. The van der Waals surface area contributed by atoms with Gasteiger partial charge in [-0.05, 0) is 18.9 Å². The summed E-state index contributed by atoms with van der Waals surface area (Å²) in [6, 6.07) is -0.140. The molecule has 0 fully saturated rings. The Morgan fingerprint density at radius 2 is 2.29 bits per heavy atom. The van der Waals surface area contributed by atoms with Crippen LogP contribution in [-0.2, 0) is 13.5 Å². The van der Waals surface area contributed by atoms with Crippen molar-refractivity contribution in [1.82, 2.24) is 25.4 Å². The molecular formula is C14H21N5OS. The predicted octanol–water partition coefficient (Wildman–Crippen LogP) is 1.83. The van der Waals surface area contributed by atoms with E-state index in [2.05, 4.69) is 27.6 Å². The van der Waals surface area contributed by atoms with Crippen molar-refractivity contribution in [3.8, 4) is 0 Å². The van der Waals surface area contributed by atoms with Crippen LogP contribution in [0, 0.1) is 6.92 Å². The van der Waals surface area contributed by atoms with E-state index in [0.717, 1.165) is 22.7 Å². The lowest BCUT2D eigenvalue weighted by atomic mass is 10.2. The number of carbonyl (C=O) groups excluding carboxylic acids is 1. The van der Waals surface area contributed by atoms with Gasteiger partial charge in [-0.2, -0.15) is 5.10 Å². The maximum Gasteiger partial charge on any atom is 0.314 e. The second-order valence-electron chi connectivity index (χ2n) is 5.14. The van der Waals surface area contributed by atoms with E-state index in [4.69, 9.17) is 0 Å². The number of aromatic nitrogens is 3. The summed E-state index contributed by atoms with van der Waals surface area (Å²) in [6.07, 6.45) is 4.54. The Balaban J connectivity index is 1.65. The van der Waals surface area contributed by atoms with Crippen LogP contribution >= 0.6 is 11.3 Å². The van der Waals surface area contributed by atoms with Crippen LogP contribution in [0.5, 0.6) is 0 Å². The molecule has 2 amide bonds. The molecule has 0 spiro atoms. The molecule has 2 aromatic rings. The van der Waals surface area contributed by atoms with E-state index in [1.807, 2.05) is 31.7 Å². The first kappa shape index (κ1) is 15.5. The van der Waals surface area contributed by atoms with Crippen molar-refractivity contribution in [1.29, 1.82) is 0 Å². The van der Waals surface area contributed by atoms with Gasteiger partial charge in [0.2, 0.25) is 0 Å². The molecule has 0 aliphatic carbocycles. The molecule has 2 rings (SSSR count). The van der Waals surface area contributed by atoms with E-state index in [-0.39, 0.29) is 11.9 Å². The predicted molar refractivity (Wildman–Crippen MR) is 83.6 cm³/mol. The first-order chi connectivity index (χ1) is 10.0. The van der Waals surface area contributed by atoms with Gasteiger partial charge in [-0.1, -0.05) is 6.92 Å². The van der Waals surface area contributed by atoms with Gasteiger partial charge in [-0.15, -0.1) is 11.3 Å². The Kier molecular flexibility index (Phi) is 5.32. The first-order valence-corrected chi connectivity index (χ1v) is 7.84. The Morgan fingerprint density at radius 1 is 1.48 bits per heavy atom. The normalized spacial score (nSPS) is 12.1. The summed E-state index contributed by atoms with van der Waals surface area (Å²) in [7, 11) is 1.88. The molecule has 0 saturated heterocycles. The lowest BCUT2D eigenvalue weighted by molar-refractivity contribution is 0.240. The second kappa shape index (κ2) is 7.21. The van der Waals surface area contributed by atoms with Gasteiger partial charge in [0, 0.05) is 43.3 Å². The van der Waals surface area contributed by atoms with Crippen LogP contribution in [-0.4, -0.2) is 33.9 Å². The number of aryl methyl sites for hydroxylation is 2. The molecule has 7 heteroatoms. The highest BCUT2D eigenvalue weighted by Gasteiger charge is 2.10. The van der Waals surface area contributed by atoms with E-state index in [1.54, 1.807) is 16.0 Å². The lowest BCUT2D eigenvalue weighted by Crippen LogP contribution is -2.38. The number of rotatable bonds is 6. The minimum atomic E-state index is -0.140. The average molecular weight is 307 g/mol. The standard InChI is InChI=1S/C14H21N5OS/c1-10(13-18-11(2)9-21-13)6-16-14(20)15-5-4-12-7-17-19(3)8-12/h7-10H,4-6H2,1-3H3,(H2,15,16,20). The smallest absolute Gasteiger partial charge is 0.314 e. The highest BCUT2D eigenvalue weighted by Crippen LogP contribution is 2.18. The number of hydrogen-bond donors (Lipinski definition) is 2. The summed E-state index contributed by atoms with van der Waals surface area (Å²) < 4.78 is 1.76. The van der Waals surface area contributed by atoms with Crippen molar-refractivity contribution in [3.63, 3.8) is 0 Å². The molecule has 0 saturated carbocycles. The minimum absolute atomic E-state index is 0.140. The molecule has 114 valence electrons. The second-order valence-corrected chi connectivity index (χ2v) is 6.03. The maximum absolute atomic E-state index is 11.7. The Hall–Kier alpha value is -1.89. The molecule has 2 aromatic heterocycles. The molecule has 0 aliphatic rings. The van der Waals surface area contributed by atoms with Gasteiger partial charge in [0.05, 0.1) is 11.2 Å². The third-order valence-corrected chi connectivity index (χ3v) is 4.28. The molecule has 0 aromatic carbocycles. The van der Waals surface area contributed by atoms with Crippen LogP contribution in [0.3, 0.4) is 0 Å². The first-order valence-electron chi connectivity index (χ1n) is 6.96. The molecule has 2 N–H and O–H groups in total. The number of nitrogens with one attached hydrogen (secondary N) is 2. The van der Waals surface area contributed by atoms with Crippen molar-refractivity contribution >= 4 is 17.4 Å². The highest BCUT2D eigenvalue weighted by atomic mass is 32.1. The van der Waals surface area contributed by atoms with Crippen LogP contribution in [0.25, 0.3) is 0 Å². The lowest BCUT2D eigenvalue weighted by Gasteiger charge is -2.11. The van der Waals surface area contributed by atoms with Gasteiger partial charge < -0.3 is 10.6 Å².